The van der Waals surface area contributed by atoms with E-state index in [1.54, 1.807) is 7.11 Å². The molecule has 1 aromatic heterocycles. The first-order chi connectivity index (χ1) is 9.88. The van der Waals surface area contributed by atoms with Crippen LogP contribution in [0.25, 0.3) is 0 Å². The van der Waals surface area contributed by atoms with Crippen molar-refractivity contribution in [3.63, 3.8) is 0 Å². The Kier molecular flexibility index (Phi) is 3.87. The van der Waals surface area contributed by atoms with E-state index in [1.165, 1.54) is 0 Å². The Morgan fingerprint density at radius 1 is 1.30 bits per heavy atom. The van der Waals surface area contributed by atoms with Gasteiger partial charge < -0.3 is 19.5 Å². The molecule has 2 heterocycles. The maximum atomic E-state index is 5.45. The third kappa shape index (κ3) is 2.63. The lowest BCUT2D eigenvalue weighted by molar-refractivity contribution is 0.382. The van der Waals surface area contributed by atoms with Gasteiger partial charge in [-0.25, -0.2) is 0 Å². The second-order valence-corrected chi connectivity index (χ2v) is 4.86. The Bertz CT molecular complexity index is 562. The minimum Gasteiger partial charge on any atom is -0.496 e. The van der Waals surface area contributed by atoms with Crippen molar-refractivity contribution in [1.29, 1.82) is 0 Å². The number of para-hydroxylation sites is 1. The predicted molar refractivity (Wildman–Crippen MR) is 77.4 cm³/mol. The lowest BCUT2D eigenvalue weighted by atomic mass is 10.1. The molecule has 0 unspecified atom stereocenters. The smallest absolute Gasteiger partial charge is 0.164 e. The molecule has 0 spiro atoms. The van der Waals surface area contributed by atoms with Gasteiger partial charge in [0, 0.05) is 38.2 Å². The molecule has 2 aromatic rings. The molecule has 1 aliphatic rings. The van der Waals surface area contributed by atoms with E-state index in [1.807, 2.05) is 24.4 Å². The summed E-state index contributed by atoms with van der Waals surface area (Å²) in [6.45, 7) is 3.97. The summed E-state index contributed by atoms with van der Waals surface area (Å²) >= 11 is 0. The average Bonchev–Trinajstić information content (AvgIpc) is 2.97. The summed E-state index contributed by atoms with van der Waals surface area (Å²) in [5.74, 6) is 1.78. The van der Waals surface area contributed by atoms with Crippen molar-refractivity contribution < 1.29 is 9.26 Å². The highest BCUT2D eigenvalue weighted by Crippen LogP contribution is 2.27. The lowest BCUT2D eigenvalue weighted by Gasteiger charge is -2.28. The van der Waals surface area contributed by atoms with Gasteiger partial charge in [0.15, 0.2) is 5.76 Å². The fraction of sp³-hybridized carbons (Fsp3) is 0.400. The fourth-order valence-corrected chi connectivity index (χ4v) is 2.57. The number of nitrogens with one attached hydrogen (secondary N) is 1. The van der Waals surface area contributed by atoms with Crippen molar-refractivity contribution in [2.45, 2.75) is 6.42 Å². The molecule has 0 amide bonds. The average molecular weight is 273 g/mol. The first-order valence-corrected chi connectivity index (χ1v) is 6.89. The number of hydrogen-bond acceptors (Lipinski definition) is 5. The molecule has 0 atom stereocenters. The summed E-state index contributed by atoms with van der Waals surface area (Å²) in [5.41, 5.74) is 2.21. The molecule has 5 nitrogen and oxygen atoms in total. The van der Waals surface area contributed by atoms with Gasteiger partial charge in [-0.2, -0.15) is 0 Å². The predicted octanol–water partition coefficient (Wildman–Crippen LogP) is 1.68. The topological polar surface area (TPSA) is 50.5 Å². The van der Waals surface area contributed by atoms with E-state index in [4.69, 9.17) is 9.26 Å². The Hall–Kier alpha value is -2.01. The number of benzene rings is 1. The molecule has 106 valence electrons. The second-order valence-electron chi connectivity index (χ2n) is 4.86. The molecule has 1 fully saturated rings. The lowest BCUT2D eigenvalue weighted by Crippen LogP contribution is -2.43. The number of hydrogen-bond donors (Lipinski definition) is 1. The van der Waals surface area contributed by atoms with Crippen molar-refractivity contribution >= 4 is 5.69 Å². The van der Waals surface area contributed by atoms with E-state index >= 15 is 0 Å². The van der Waals surface area contributed by atoms with E-state index in [-0.39, 0.29) is 0 Å². The van der Waals surface area contributed by atoms with Crippen molar-refractivity contribution in [3.8, 4) is 5.75 Å². The van der Waals surface area contributed by atoms with Gasteiger partial charge in [-0.15, -0.1) is 0 Å². The van der Waals surface area contributed by atoms with Gasteiger partial charge in [0.1, 0.15) is 11.4 Å². The molecule has 1 saturated heterocycles. The number of anilines is 1. The Morgan fingerprint density at radius 3 is 2.90 bits per heavy atom. The Balaban J connectivity index is 1.82. The zero-order chi connectivity index (χ0) is 13.8. The summed E-state index contributed by atoms with van der Waals surface area (Å²) in [6, 6.07) is 8.01. The summed E-state index contributed by atoms with van der Waals surface area (Å²) in [4.78, 5) is 2.32. The normalized spacial score (nSPS) is 15.3. The first-order valence-electron chi connectivity index (χ1n) is 6.89. The molecule has 0 aliphatic carbocycles. The van der Waals surface area contributed by atoms with E-state index < -0.39 is 0 Å². The second kappa shape index (κ2) is 5.96. The van der Waals surface area contributed by atoms with Crippen molar-refractivity contribution in [2.24, 2.45) is 0 Å². The van der Waals surface area contributed by atoms with E-state index in [2.05, 4.69) is 21.4 Å². The molecule has 1 aromatic carbocycles. The molecule has 1 aliphatic heterocycles. The Morgan fingerprint density at radius 2 is 2.10 bits per heavy atom. The number of rotatable bonds is 4. The maximum absolute atomic E-state index is 5.45. The van der Waals surface area contributed by atoms with Gasteiger partial charge in [-0.1, -0.05) is 23.4 Å². The van der Waals surface area contributed by atoms with Crippen LogP contribution in [-0.2, 0) is 6.42 Å². The van der Waals surface area contributed by atoms with Crippen LogP contribution in [0, 0.1) is 0 Å². The molecular formula is C15H19N3O2. The van der Waals surface area contributed by atoms with Crippen molar-refractivity contribution in [2.75, 3.05) is 38.2 Å². The van der Waals surface area contributed by atoms with Crippen LogP contribution in [0.5, 0.6) is 5.75 Å². The van der Waals surface area contributed by atoms with Crippen LogP contribution in [0.3, 0.4) is 0 Å². The van der Waals surface area contributed by atoms with Gasteiger partial charge in [-0.3, -0.25) is 0 Å². The number of nitrogens with zero attached hydrogens (tertiary/aromatic N) is 2. The van der Waals surface area contributed by atoms with Crippen LogP contribution >= 0.6 is 0 Å². The molecule has 5 heteroatoms. The molecule has 0 radical (unpaired) electrons. The SMILES string of the molecule is COc1ccccc1Cc1oncc1N1CCNCC1. The zero-order valence-electron chi connectivity index (χ0n) is 11.6. The highest BCUT2D eigenvalue weighted by Gasteiger charge is 2.18. The maximum Gasteiger partial charge on any atom is 0.164 e. The van der Waals surface area contributed by atoms with Gasteiger partial charge >= 0.3 is 0 Å². The quantitative estimate of drug-likeness (QED) is 0.918. The standard InChI is InChI=1S/C15H19N3O2/c1-19-14-5-3-2-4-12(14)10-15-13(11-17-20-15)18-8-6-16-7-9-18/h2-5,11,16H,6-10H2,1H3. The van der Waals surface area contributed by atoms with Crippen LogP contribution < -0.4 is 15.0 Å². The van der Waals surface area contributed by atoms with Gasteiger partial charge in [0.2, 0.25) is 0 Å². The van der Waals surface area contributed by atoms with E-state index in [0.29, 0.717) is 6.42 Å². The van der Waals surface area contributed by atoms with Crippen LogP contribution in [0.15, 0.2) is 35.0 Å². The zero-order valence-corrected chi connectivity index (χ0v) is 11.6. The highest BCUT2D eigenvalue weighted by atomic mass is 16.5. The number of aromatic nitrogens is 1. The molecule has 0 saturated carbocycles. The van der Waals surface area contributed by atoms with E-state index in [0.717, 1.165) is 48.9 Å². The third-order valence-electron chi connectivity index (χ3n) is 3.62. The van der Waals surface area contributed by atoms with Crippen LogP contribution in [0.2, 0.25) is 0 Å². The van der Waals surface area contributed by atoms with Crippen LogP contribution in [-0.4, -0.2) is 38.4 Å². The summed E-state index contributed by atoms with van der Waals surface area (Å²) in [7, 11) is 1.69. The van der Waals surface area contributed by atoms with Crippen molar-refractivity contribution in [3.05, 3.63) is 41.8 Å². The largest absolute Gasteiger partial charge is 0.496 e. The number of methoxy groups -OCH3 is 1. The van der Waals surface area contributed by atoms with Crippen LogP contribution in [0.4, 0.5) is 5.69 Å². The van der Waals surface area contributed by atoms with Gasteiger partial charge in [0.05, 0.1) is 13.3 Å². The minimum atomic E-state index is 0.698. The van der Waals surface area contributed by atoms with Crippen molar-refractivity contribution in [1.82, 2.24) is 10.5 Å². The summed E-state index contributed by atoms with van der Waals surface area (Å²) in [6.07, 6.45) is 2.51. The summed E-state index contributed by atoms with van der Waals surface area (Å²) < 4.78 is 10.8. The Labute approximate surface area is 118 Å². The molecule has 3 rings (SSSR count). The molecule has 0 bridgehead atoms. The number of piperazine rings is 1. The monoisotopic (exact) mass is 273 g/mol. The van der Waals surface area contributed by atoms with Crippen LogP contribution in [0.1, 0.15) is 11.3 Å². The minimum absolute atomic E-state index is 0.698. The van der Waals surface area contributed by atoms with Gasteiger partial charge in [0.25, 0.3) is 0 Å². The third-order valence-corrected chi connectivity index (χ3v) is 3.62. The molecular weight excluding hydrogens is 254 g/mol. The molecule has 1 N–H and O–H groups in total. The molecule has 20 heavy (non-hydrogen) atoms. The number of ether oxygens (including phenoxy) is 1. The summed E-state index contributed by atoms with van der Waals surface area (Å²) in [5, 5.41) is 7.32. The van der Waals surface area contributed by atoms with E-state index in [9.17, 15) is 0 Å². The highest BCUT2D eigenvalue weighted by molar-refractivity contribution is 5.51. The van der Waals surface area contributed by atoms with Gasteiger partial charge in [-0.05, 0) is 6.07 Å². The first kappa shape index (κ1) is 13.0. The fourth-order valence-electron chi connectivity index (χ4n) is 2.57.